The summed E-state index contributed by atoms with van der Waals surface area (Å²) < 4.78 is 32.9. The predicted molar refractivity (Wildman–Crippen MR) is 77.7 cm³/mol. The fraction of sp³-hybridized carbons (Fsp3) is 0.600. The van der Waals surface area contributed by atoms with Gasteiger partial charge in [0.15, 0.2) is 0 Å². The molecule has 1 saturated carbocycles. The lowest BCUT2D eigenvalue weighted by Crippen LogP contribution is -2.57. The van der Waals surface area contributed by atoms with Crippen LogP contribution in [-0.4, -0.2) is 27.7 Å². The third kappa shape index (κ3) is 2.90. The molecule has 4 nitrogen and oxygen atoms in total. The van der Waals surface area contributed by atoms with Gasteiger partial charge in [0.05, 0.1) is 5.75 Å². The van der Waals surface area contributed by atoms with E-state index in [4.69, 9.17) is 4.74 Å². The number of benzene rings is 1. The van der Waals surface area contributed by atoms with Crippen molar-refractivity contribution in [3.8, 4) is 0 Å². The van der Waals surface area contributed by atoms with Crippen LogP contribution in [0.1, 0.15) is 31.2 Å². The zero-order valence-electron chi connectivity index (χ0n) is 11.5. The van der Waals surface area contributed by atoms with Crippen molar-refractivity contribution in [1.82, 2.24) is 4.72 Å². The lowest BCUT2D eigenvalue weighted by molar-refractivity contribution is -0.0483. The molecule has 1 saturated heterocycles. The molecule has 1 heterocycles. The van der Waals surface area contributed by atoms with Crippen molar-refractivity contribution < 1.29 is 13.2 Å². The summed E-state index contributed by atoms with van der Waals surface area (Å²) in [6, 6.07) is 9.43. The Labute approximate surface area is 120 Å². The molecule has 0 amide bonds. The van der Waals surface area contributed by atoms with E-state index in [0.717, 1.165) is 44.5 Å². The summed E-state index contributed by atoms with van der Waals surface area (Å²) in [7, 11) is -3.26. The Kier molecular flexibility index (Phi) is 3.84. The Bertz CT molecular complexity index is 550. The molecule has 110 valence electrons. The van der Waals surface area contributed by atoms with Gasteiger partial charge < -0.3 is 4.74 Å². The summed E-state index contributed by atoms with van der Waals surface area (Å²) >= 11 is 0. The smallest absolute Gasteiger partial charge is 0.216 e. The zero-order valence-corrected chi connectivity index (χ0v) is 12.4. The maximum Gasteiger partial charge on any atom is 0.216 e. The van der Waals surface area contributed by atoms with Crippen molar-refractivity contribution >= 4 is 10.0 Å². The molecule has 1 aliphatic heterocycles. The molecule has 1 aliphatic carbocycles. The third-order valence-electron chi connectivity index (χ3n) is 4.68. The molecule has 0 radical (unpaired) electrons. The summed E-state index contributed by atoms with van der Waals surface area (Å²) in [5.41, 5.74) is 0.988. The van der Waals surface area contributed by atoms with Gasteiger partial charge >= 0.3 is 0 Å². The fourth-order valence-electron chi connectivity index (χ4n) is 3.31. The average Bonchev–Trinajstić information content (AvgIpc) is 2.45. The van der Waals surface area contributed by atoms with Crippen LogP contribution in [0.2, 0.25) is 0 Å². The van der Waals surface area contributed by atoms with E-state index >= 15 is 0 Å². The van der Waals surface area contributed by atoms with Crippen LogP contribution in [0, 0.1) is 5.41 Å². The van der Waals surface area contributed by atoms with Crippen molar-refractivity contribution in [1.29, 1.82) is 0 Å². The molecule has 1 aromatic carbocycles. The molecule has 1 N–H and O–H groups in total. The average molecular weight is 295 g/mol. The van der Waals surface area contributed by atoms with Gasteiger partial charge in [-0.1, -0.05) is 30.3 Å². The van der Waals surface area contributed by atoms with E-state index in [9.17, 15) is 8.42 Å². The molecule has 20 heavy (non-hydrogen) atoms. The van der Waals surface area contributed by atoms with Crippen molar-refractivity contribution in [3.63, 3.8) is 0 Å². The zero-order chi connectivity index (χ0) is 14.1. The minimum atomic E-state index is -3.26. The van der Waals surface area contributed by atoms with E-state index in [-0.39, 0.29) is 17.2 Å². The Morgan fingerprint density at radius 2 is 1.85 bits per heavy atom. The van der Waals surface area contributed by atoms with Gasteiger partial charge in [-0.3, -0.25) is 0 Å². The van der Waals surface area contributed by atoms with E-state index in [2.05, 4.69) is 4.72 Å². The largest absolute Gasteiger partial charge is 0.381 e. The molecule has 1 unspecified atom stereocenters. The van der Waals surface area contributed by atoms with E-state index in [0.29, 0.717) is 0 Å². The molecule has 0 bridgehead atoms. The molecule has 1 atom stereocenters. The van der Waals surface area contributed by atoms with Crippen molar-refractivity contribution in [2.75, 3.05) is 13.2 Å². The number of nitrogens with one attached hydrogen (secondary N) is 1. The quantitative estimate of drug-likeness (QED) is 0.925. The highest BCUT2D eigenvalue weighted by atomic mass is 32.2. The Morgan fingerprint density at radius 1 is 1.15 bits per heavy atom. The van der Waals surface area contributed by atoms with Gasteiger partial charge in [-0.2, -0.15) is 0 Å². The van der Waals surface area contributed by atoms with Crippen LogP contribution in [0.15, 0.2) is 30.3 Å². The maximum atomic E-state index is 12.3. The van der Waals surface area contributed by atoms with Crippen LogP contribution in [0.3, 0.4) is 0 Å². The summed E-state index contributed by atoms with van der Waals surface area (Å²) in [6.07, 6.45) is 4.03. The van der Waals surface area contributed by atoms with E-state index in [1.165, 1.54) is 0 Å². The second-order valence-corrected chi connectivity index (χ2v) is 7.68. The molecule has 5 heteroatoms. The Balaban J connectivity index is 1.65. The van der Waals surface area contributed by atoms with Gasteiger partial charge in [-0.25, -0.2) is 13.1 Å². The first-order valence-electron chi connectivity index (χ1n) is 7.21. The van der Waals surface area contributed by atoms with Crippen LogP contribution >= 0.6 is 0 Å². The fourth-order valence-corrected chi connectivity index (χ4v) is 4.83. The van der Waals surface area contributed by atoms with Crippen LogP contribution in [0.5, 0.6) is 0 Å². The van der Waals surface area contributed by atoms with Crippen molar-refractivity contribution in [2.45, 2.75) is 37.5 Å². The highest BCUT2D eigenvalue weighted by Crippen LogP contribution is 2.49. The standard InChI is InChI=1S/C15H21NO3S/c17-20(18,12-13-4-2-1-3-5-13)16-14-6-7-15(14)8-10-19-11-9-15/h1-5,14,16H,6-12H2. The highest BCUT2D eigenvalue weighted by Gasteiger charge is 2.48. The van der Waals surface area contributed by atoms with Gasteiger partial charge in [-0.15, -0.1) is 0 Å². The first-order chi connectivity index (χ1) is 9.60. The number of hydrogen-bond donors (Lipinski definition) is 1. The van der Waals surface area contributed by atoms with Crippen LogP contribution in [0.4, 0.5) is 0 Å². The maximum absolute atomic E-state index is 12.3. The Hall–Kier alpha value is -0.910. The second kappa shape index (κ2) is 5.47. The Morgan fingerprint density at radius 3 is 2.45 bits per heavy atom. The number of sulfonamides is 1. The van der Waals surface area contributed by atoms with Crippen LogP contribution in [0.25, 0.3) is 0 Å². The lowest BCUT2D eigenvalue weighted by Gasteiger charge is -2.51. The van der Waals surface area contributed by atoms with Gasteiger partial charge in [0.2, 0.25) is 10.0 Å². The van der Waals surface area contributed by atoms with E-state index in [1.807, 2.05) is 30.3 Å². The summed E-state index contributed by atoms with van der Waals surface area (Å²) in [5.74, 6) is 0.0664. The molecular weight excluding hydrogens is 274 g/mol. The van der Waals surface area contributed by atoms with Crippen molar-refractivity contribution in [3.05, 3.63) is 35.9 Å². The van der Waals surface area contributed by atoms with E-state index in [1.54, 1.807) is 0 Å². The van der Waals surface area contributed by atoms with Crippen LogP contribution in [-0.2, 0) is 20.5 Å². The van der Waals surface area contributed by atoms with Gasteiger partial charge in [-0.05, 0) is 36.7 Å². The summed E-state index contributed by atoms with van der Waals surface area (Å²) in [5, 5.41) is 0. The van der Waals surface area contributed by atoms with E-state index < -0.39 is 10.0 Å². The molecule has 2 fully saturated rings. The minimum Gasteiger partial charge on any atom is -0.381 e. The molecular formula is C15H21NO3S. The number of hydrogen-bond acceptors (Lipinski definition) is 3. The minimum absolute atomic E-state index is 0.0664. The van der Waals surface area contributed by atoms with Gasteiger partial charge in [0, 0.05) is 19.3 Å². The van der Waals surface area contributed by atoms with Crippen molar-refractivity contribution in [2.24, 2.45) is 5.41 Å². The molecule has 0 aromatic heterocycles. The molecule has 1 aromatic rings. The normalized spacial score (nSPS) is 25.3. The van der Waals surface area contributed by atoms with Gasteiger partial charge in [0.1, 0.15) is 0 Å². The monoisotopic (exact) mass is 295 g/mol. The summed E-state index contributed by atoms with van der Waals surface area (Å²) in [4.78, 5) is 0. The summed E-state index contributed by atoms with van der Waals surface area (Å²) in [6.45, 7) is 1.52. The topological polar surface area (TPSA) is 55.4 Å². The SMILES string of the molecule is O=S(=O)(Cc1ccccc1)NC1CCC12CCOCC2. The molecule has 1 spiro atoms. The second-order valence-electron chi connectivity index (χ2n) is 5.93. The predicted octanol–water partition coefficient (Wildman–Crippen LogP) is 2.07. The number of rotatable bonds is 4. The molecule has 3 rings (SSSR count). The number of ether oxygens (including phenoxy) is 1. The van der Waals surface area contributed by atoms with Gasteiger partial charge in [0.25, 0.3) is 0 Å². The van der Waals surface area contributed by atoms with Crippen LogP contribution < -0.4 is 4.72 Å². The third-order valence-corrected chi connectivity index (χ3v) is 6.04. The first-order valence-corrected chi connectivity index (χ1v) is 8.87. The highest BCUT2D eigenvalue weighted by molar-refractivity contribution is 7.88. The lowest BCUT2D eigenvalue weighted by atomic mass is 9.60. The first kappa shape index (κ1) is 14.0. The molecule has 2 aliphatic rings.